The number of carbonyl (C=O) groups excluding carboxylic acids is 1. The van der Waals surface area contributed by atoms with Gasteiger partial charge in [-0.25, -0.2) is 0 Å². The third kappa shape index (κ3) is 3.42. The highest BCUT2D eigenvalue weighted by atomic mass is 35.5. The predicted molar refractivity (Wildman–Crippen MR) is 110 cm³/mol. The lowest BCUT2D eigenvalue weighted by Crippen LogP contribution is -2.15. The van der Waals surface area contributed by atoms with E-state index < -0.39 is 10.8 Å². The number of nitrogens with zero attached hydrogens (tertiary/aromatic N) is 2. The van der Waals surface area contributed by atoms with Crippen LogP contribution >= 0.6 is 11.6 Å². The van der Waals surface area contributed by atoms with E-state index in [2.05, 4.69) is 22.3 Å². The van der Waals surface area contributed by atoms with Crippen molar-refractivity contribution < 1.29 is 9.72 Å². The van der Waals surface area contributed by atoms with Crippen LogP contribution < -0.4 is 10.2 Å². The SMILES string of the molecule is O=C(Nc1ccc(N2CCc3ccccc32)cc1)c1ccc(Cl)cc1[N+](=O)[O-]. The maximum Gasteiger partial charge on any atom is 0.283 e. The normalized spacial score (nSPS) is 12.5. The van der Waals surface area contributed by atoms with Crippen LogP contribution in [0.2, 0.25) is 5.02 Å². The summed E-state index contributed by atoms with van der Waals surface area (Å²) in [6.07, 6.45) is 0.995. The molecule has 3 aromatic carbocycles. The first-order valence-corrected chi connectivity index (χ1v) is 9.11. The standard InChI is InChI=1S/C21H16ClN3O3/c22-15-5-10-18(20(13-15)25(27)28)21(26)23-16-6-8-17(9-7-16)24-12-11-14-3-1-2-4-19(14)24/h1-10,13H,11-12H2,(H,23,26). The molecule has 1 aliphatic rings. The molecule has 0 unspecified atom stereocenters. The molecule has 0 aliphatic carbocycles. The maximum absolute atomic E-state index is 12.5. The van der Waals surface area contributed by atoms with Gasteiger partial charge in [-0.1, -0.05) is 29.8 Å². The number of hydrogen-bond donors (Lipinski definition) is 1. The molecule has 0 aromatic heterocycles. The van der Waals surface area contributed by atoms with E-state index in [0.29, 0.717) is 5.69 Å². The number of halogens is 1. The van der Waals surface area contributed by atoms with Crippen LogP contribution in [0.15, 0.2) is 66.7 Å². The molecule has 28 heavy (non-hydrogen) atoms. The van der Waals surface area contributed by atoms with E-state index in [-0.39, 0.29) is 16.3 Å². The van der Waals surface area contributed by atoms with Crippen LogP contribution in [0.5, 0.6) is 0 Å². The van der Waals surface area contributed by atoms with Crippen molar-refractivity contribution in [2.45, 2.75) is 6.42 Å². The van der Waals surface area contributed by atoms with Gasteiger partial charge in [0.05, 0.1) is 4.92 Å². The van der Waals surface area contributed by atoms with Gasteiger partial charge in [-0.15, -0.1) is 0 Å². The molecule has 0 fully saturated rings. The molecule has 140 valence electrons. The number of fused-ring (bicyclic) bond motifs is 1. The molecule has 1 amide bonds. The average Bonchev–Trinajstić information content (AvgIpc) is 3.12. The summed E-state index contributed by atoms with van der Waals surface area (Å²) in [7, 11) is 0. The molecular weight excluding hydrogens is 378 g/mol. The summed E-state index contributed by atoms with van der Waals surface area (Å²) in [5.74, 6) is -0.553. The Morgan fingerprint density at radius 1 is 1.07 bits per heavy atom. The molecule has 0 bridgehead atoms. The summed E-state index contributed by atoms with van der Waals surface area (Å²) in [6.45, 7) is 0.905. The van der Waals surface area contributed by atoms with E-state index in [9.17, 15) is 14.9 Å². The molecule has 0 radical (unpaired) electrons. The van der Waals surface area contributed by atoms with E-state index in [0.717, 1.165) is 18.7 Å². The lowest BCUT2D eigenvalue weighted by atomic mass is 10.1. The number of nitro benzene ring substituents is 1. The molecule has 0 atom stereocenters. The van der Waals surface area contributed by atoms with E-state index >= 15 is 0 Å². The summed E-state index contributed by atoms with van der Waals surface area (Å²) >= 11 is 5.80. The molecule has 3 aromatic rings. The second kappa shape index (κ2) is 7.32. The summed E-state index contributed by atoms with van der Waals surface area (Å²) in [6, 6.07) is 19.7. The van der Waals surface area contributed by atoms with E-state index in [4.69, 9.17) is 11.6 Å². The number of nitrogens with one attached hydrogen (secondary N) is 1. The van der Waals surface area contributed by atoms with Crippen LogP contribution in [0, 0.1) is 10.1 Å². The third-order valence-electron chi connectivity index (χ3n) is 4.73. The fraction of sp³-hybridized carbons (Fsp3) is 0.0952. The smallest absolute Gasteiger partial charge is 0.283 e. The molecule has 6 nitrogen and oxygen atoms in total. The number of benzene rings is 3. The molecule has 1 aliphatic heterocycles. The third-order valence-corrected chi connectivity index (χ3v) is 4.96. The van der Waals surface area contributed by atoms with Gasteiger partial charge in [-0.05, 0) is 54.4 Å². The average molecular weight is 394 g/mol. The number of hydrogen-bond acceptors (Lipinski definition) is 4. The zero-order valence-electron chi connectivity index (χ0n) is 14.8. The Hall–Kier alpha value is -3.38. The molecule has 4 rings (SSSR count). The highest BCUT2D eigenvalue weighted by Gasteiger charge is 2.22. The molecule has 1 heterocycles. The van der Waals surface area contributed by atoms with Gasteiger partial charge in [0.25, 0.3) is 11.6 Å². The fourth-order valence-corrected chi connectivity index (χ4v) is 3.54. The van der Waals surface area contributed by atoms with Crippen LogP contribution in [-0.2, 0) is 6.42 Å². The Morgan fingerprint density at radius 3 is 2.57 bits per heavy atom. The van der Waals surface area contributed by atoms with Crippen molar-refractivity contribution in [2.24, 2.45) is 0 Å². The summed E-state index contributed by atoms with van der Waals surface area (Å²) in [5.41, 5.74) is 3.74. The molecule has 0 saturated heterocycles. The monoisotopic (exact) mass is 393 g/mol. The topological polar surface area (TPSA) is 75.5 Å². The van der Waals surface area contributed by atoms with Gasteiger partial charge in [0.1, 0.15) is 5.56 Å². The second-order valence-corrected chi connectivity index (χ2v) is 6.89. The van der Waals surface area contributed by atoms with Gasteiger partial charge in [-0.3, -0.25) is 14.9 Å². The minimum atomic E-state index is -0.616. The number of carbonyl (C=O) groups is 1. The zero-order chi connectivity index (χ0) is 19.7. The van der Waals surface area contributed by atoms with E-state index in [1.54, 1.807) is 12.1 Å². The predicted octanol–water partition coefficient (Wildman–Crippen LogP) is 5.19. The van der Waals surface area contributed by atoms with Gasteiger partial charge >= 0.3 is 0 Å². The van der Waals surface area contributed by atoms with Crippen molar-refractivity contribution in [2.75, 3.05) is 16.8 Å². The van der Waals surface area contributed by atoms with Crippen molar-refractivity contribution in [3.63, 3.8) is 0 Å². The fourth-order valence-electron chi connectivity index (χ4n) is 3.38. The molecule has 0 spiro atoms. The zero-order valence-corrected chi connectivity index (χ0v) is 15.5. The minimum absolute atomic E-state index is 0.0352. The number of amides is 1. The second-order valence-electron chi connectivity index (χ2n) is 6.45. The summed E-state index contributed by atoms with van der Waals surface area (Å²) < 4.78 is 0. The van der Waals surface area contributed by atoms with Crippen molar-refractivity contribution >= 4 is 40.3 Å². The lowest BCUT2D eigenvalue weighted by molar-refractivity contribution is -0.385. The van der Waals surface area contributed by atoms with Crippen LogP contribution in [-0.4, -0.2) is 17.4 Å². The van der Waals surface area contributed by atoms with Crippen LogP contribution in [0.1, 0.15) is 15.9 Å². The van der Waals surface area contributed by atoms with Gasteiger partial charge < -0.3 is 10.2 Å². The first-order chi connectivity index (χ1) is 13.5. The van der Waals surface area contributed by atoms with E-state index in [1.807, 2.05) is 24.3 Å². The molecule has 1 N–H and O–H groups in total. The first-order valence-electron chi connectivity index (χ1n) is 8.74. The first kappa shape index (κ1) is 18.0. The number of anilines is 3. The number of para-hydroxylation sites is 1. The highest BCUT2D eigenvalue weighted by Crippen LogP contribution is 2.34. The maximum atomic E-state index is 12.5. The molecule has 0 saturated carbocycles. The summed E-state index contributed by atoms with van der Waals surface area (Å²) in [4.78, 5) is 25.3. The molecular formula is C21H16ClN3O3. The Kier molecular flexibility index (Phi) is 4.71. The summed E-state index contributed by atoms with van der Waals surface area (Å²) in [5, 5.41) is 14.1. The number of nitro groups is 1. The van der Waals surface area contributed by atoms with Crippen LogP contribution in [0.4, 0.5) is 22.7 Å². The number of rotatable bonds is 4. The van der Waals surface area contributed by atoms with Crippen molar-refractivity contribution in [1.29, 1.82) is 0 Å². The Labute approximate surface area is 166 Å². The van der Waals surface area contributed by atoms with Gasteiger partial charge in [0, 0.05) is 34.7 Å². The van der Waals surface area contributed by atoms with Crippen molar-refractivity contribution in [3.05, 3.63) is 93.0 Å². The van der Waals surface area contributed by atoms with Gasteiger partial charge in [-0.2, -0.15) is 0 Å². The lowest BCUT2D eigenvalue weighted by Gasteiger charge is -2.20. The highest BCUT2D eigenvalue weighted by molar-refractivity contribution is 6.31. The Balaban J connectivity index is 1.53. The molecule has 7 heteroatoms. The Morgan fingerprint density at radius 2 is 1.82 bits per heavy atom. The van der Waals surface area contributed by atoms with Crippen LogP contribution in [0.25, 0.3) is 0 Å². The van der Waals surface area contributed by atoms with Crippen LogP contribution in [0.3, 0.4) is 0 Å². The minimum Gasteiger partial charge on any atom is -0.341 e. The Bertz CT molecular complexity index is 1070. The van der Waals surface area contributed by atoms with Gasteiger partial charge in [0.2, 0.25) is 0 Å². The van der Waals surface area contributed by atoms with Crippen molar-refractivity contribution in [1.82, 2.24) is 0 Å². The largest absolute Gasteiger partial charge is 0.341 e. The van der Waals surface area contributed by atoms with E-state index in [1.165, 1.54) is 29.4 Å². The van der Waals surface area contributed by atoms with Gasteiger partial charge in [0.15, 0.2) is 0 Å². The quantitative estimate of drug-likeness (QED) is 0.488. The van der Waals surface area contributed by atoms with Crippen molar-refractivity contribution in [3.8, 4) is 0 Å².